The molecule has 0 bridgehead atoms. The number of nitrogens with two attached hydrogens (primary N) is 1. The molecule has 1 aromatic carbocycles. The van der Waals surface area contributed by atoms with E-state index in [4.69, 9.17) is 29.6 Å². The molecule has 0 fully saturated rings. The highest BCUT2D eigenvalue weighted by atomic mass is 35.5. The number of hydrogen-bond donors (Lipinski definition) is 1. The van der Waals surface area contributed by atoms with Gasteiger partial charge in [0, 0.05) is 17.6 Å². The molecular formula is C15H12ClN3S. The van der Waals surface area contributed by atoms with Gasteiger partial charge in [-0.1, -0.05) is 42.0 Å². The third kappa shape index (κ3) is 2.40. The first-order valence-electron chi connectivity index (χ1n) is 6.15. The van der Waals surface area contributed by atoms with Crippen molar-refractivity contribution >= 4 is 34.5 Å². The van der Waals surface area contributed by atoms with E-state index in [2.05, 4.69) is 4.98 Å². The molecule has 0 aliphatic carbocycles. The Morgan fingerprint density at radius 1 is 1.20 bits per heavy atom. The summed E-state index contributed by atoms with van der Waals surface area (Å²) in [6.07, 6.45) is 2.59. The highest BCUT2D eigenvalue weighted by Crippen LogP contribution is 2.18. The van der Waals surface area contributed by atoms with E-state index in [-0.39, 0.29) is 0 Å². The lowest BCUT2D eigenvalue weighted by Crippen LogP contribution is -2.14. The quantitative estimate of drug-likeness (QED) is 0.755. The van der Waals surface area contributed by atoms with Crippen LogP contribution in [0.5, 0.6) is 0 Å². The smallest absolute Gasteiger partial charge is 0.137 e. The van der Waals surface area contributed by atoms with Crippen LogP contribution in [0.25, 0.3) is 5.65 Å². The second-order valence-corrected chi connectivity index (χ2v) is 5.38. The third-order valence-electron chi connectivity index (χ3n) is 3.12. The van der Waals surface area contributed by atoms with Crippen molar-refractivity contribution in [2.24, 2.45) is 5.73 Å². The summed E-state index contributed by atoms with van der Waals surface area (Å²) < 4.78 is 1.92. The number of benzene rings is 1. The minimum atomic E-state index is 0.354. The van der Waals surface area contributed by atoms with Crippen LogP contribution in [0.15, 0.2) is 48.7 Å². The molecule has 3 nitrogen and oxygen atoms in total. The molecule has 2 aromatic heterocycles. The van der Waals surface area contributed by atoms with Crippen LogP contribution in [-0.2, 0) is 6.42 Å². The number of imidazole rings is 1. The summed E-state index contributed by atoms with van der Waals surface area (Å²) in [5, 5.41) is 0.721. The fourth-order valence-electron chi connectivity index (χ4n) is 2.22. The Morgan fingerprint density at radius 2 is 1.95 bits per heavy atom. The topological polar surface area (TPSA) is 43.3 Å². The molecule has 0 atom stereocenters. The molecule has 2 N–H and O–H groups in total. The highest BCUT2D eigenvalue weighted by Gasteiger charge is 2.14. The van der Waals surface area contributed by atoms with Gasteiger partial charge in [0.25, 0.3) is 0 Å². The van der Waals surface area contributed by atoms with Crippen LogP contribution in [0.4, 0.5) is 0 Å². The average Bonchev–Trinajstić information content (AvgIpc) is 2.79. The number of pyridine rings is 1. The predicted molar refractivity (Wildman–Crippen MR) is 85.3 cm³/mol. The van der Waals surface area contributed by atoms with Crippen LogP contribution in [0.1, 0.15) is 17.0 Å². The minimum Gasteiger partial charge on any atom is -0.388 e. The molecule has 3 rings (SSSR count). The summed E-state index contributed by atoms with van der Waals surface area (Å²) in [5.74, 6) is 0. The first-order chi connectivity index (χ1) is 9.65. The fraction of sp³-hybridized carbons (Fsp3) is 0.0667. The van der Waals surface area contributed by atoms with Crippen LogP contribution in [0.3, 0.4) is 0 Å². The molecule has 0 radical (unpaired) electrons. The van der Waals surface area contributed by atoms with Crippen molar-refractivity contribution in [2.45, 2.75) is 6.42 Å². The maximum atomic E-state index is 5.90. The van der Waals surface area contributed by atoms with E-state index in [0.717, 1.165) is 27.6 Å². The van der Waals surface area contributed by atoms with E-state index in [9.17, 15) is 0 Å². The predicted octanol–water partition coefficient (Wildman–Crippen LogP) is 3.21. The first kappa shape index (κ1) is 13.1. The van der Waals surface area contributed by atoms with Crippen LogP contribution < -0.4 is 5.73 Å². The van der Waals surface area contributed by atoms with Crippen molar-refractivity contribution in [2.75, 3.05) is 0 Å². The molecule has 20 heavy (non-hydrogen) atoms. The normalized spacial score (nSPS) is 10.8. The molecule has 0 aliphatic rings. The van der Waals surface area contributed by atoms with E-state index < -0.39 is 0 Å². The van der Waals surface area contributed by atoms with Gasteiger partial charge in [-0.2, -0.15) is 0 Å². The second-order valence-electron chi connectivity index (χ2n) is 4.50. The zero-order valence-corrected chi connectivity index (χ0v) is 12.2. The summed E-state index contributed by atoms with van der Waals surface area (Å²) in [6, 6.07) is 13.5. The van der Waals surface area contributed by atoms with Crippen molar-refractivity contribution in [3.63, 3.8) is 0 Å². The van der Waals surface area contributed by atoms with Gasteiger partial charge in [-0.05, 0) is 29.8 Å². The van der Waals surface area contributed by atoms with Gasteiger partial charge in [0.15, 0.2) is 0 Å². The Morgan fingerprint density at radius 3 is 2.65 bits per heavy atom. The third-order valence-corrected chi connectivity index (χ3v) is 3.57. The summed E-state index contributed by atoms with van der Waals surface area (Å²) >= 11 is 11.1. The number of thiocarbonyl (C=S) groups is 1. The number of hydrogen-bond acceptors (Lipinski definition) is 2. The number of nitrogens with zero attached hydrogens (tertiary/aromatic N) is 2. The lowest BCUT2D eigenvalue weighted by molar-refractivity contribution is 1.10. The Labute approximate surface area is 127 Å². The lowest BCUT2D eigenvalue weighted by Gasteiger charge is -2.03. The first-order valence-corrected chi connectivity index (χ1v) is 6.94. The minimum absolute atomic E-state index is 0.354. The monoisotopic (exact) mass is 301 g/mol. The lowest BCUT2D eigenvalue weighted by atomic mass is 10.1. The second kappa shape index (κ2) is 5.23. The van der Waals surface area contributed by atoms with Crippen molar-refractivity contribution in [3.05, 3.63) is 70.6 Å². The van der Waals surface area contributed by atoms with E-state index in [1.165, 1.54) is 0 Å². The molecule has 0 amide bonds. The van der Waals surface area contributed by atoms with Crippen molar-refractivity contribution in [1.82, 2.24) is 9.38 Å². The van der Waals surface area contributed by atoms with Crippen molar-refractivity contribution < 1.29 is 0 Å². The summed E-state index contributed by atoms with van der Waals surface area (Å²) in [4.78, 5) is 4.97. The molecule has 0 spiro atoms. The van der Waals surface area contributed by atoms with Gasteiger partial charge in [0.1, 0.15) is 16.3 Å². The fourth-order valence-corrected chi connectivity index (χ4v) is 2.57. The summed E-state index contributed by atoms with van der Waals surface area (Å²) in [5.41, 5.74) is 9.50. The van der Waals surface area contributed by atoms with Gasteiger partial charge >= 0.3 is 0 Å². The van der Waals surface area contributed by atoms with Gasteiger partial charge in [0.05, 0.1) is 5.69 Å². The SMILES string of the molecule is NC(=S)c1c(Cc2ccc(Cl)cc2)nc2ccccn12. The summed E-state index contributed by atoms with van der Waals surface area (Å²) in [7, 11) is 0. The van der Waals surface area contributed by atoms with Gasteiger partial charge in [-0.25, -0.2) is 4.98 Å². The van der Waals surface area contributed by atoms with Gasteiger partial charge in [-0.15, -0.1) is 0 Å². The Hall–Kier alpha value is -1.91. The number of halogens is 1. The number of aromatic nitrogens is 2. The summed E-state index contributed by atoms with van der Waals surface area (Å²) in [6.45, 7) is 0. The molecule has 0 unspecified atom stereocenters. The Bertz CT molecular complexity index is 777. The van der Waals surface area contributed by atoms with E-state index in [0.29, 0.717) is 11.4 Å². The van der Waals surface area contributed by atoms with Crippen LogP contribution in [0.2, 0.25) is 5.02 Å². The molecule has 3 aromatic rings. The van der Waals surface area contributed by atoms with E-state index >= 15 is 0 Å². The van der Waals surface area contributed by atoms with Gasteiger partial charge < -0.3 is 5.73 Å². The van der Waals surface area contributed by atoms with Gasteiger partial charge in [0.2, 0.25) is 0 Å². The van der Waals surface area contributed by atoms with Crippen LogP contribution >= 0.6 is 23.8 Å². The molecule has 100 valence electrons. The Balaban J connectivity index is 2.08. The molecule has 0 saturated carbocycles. The molecule has 0 saturated heterocycles. The molecule has 5 heteroatoms. The maximum Gasteiger partial charge on any atom is 0.137 e. The van der Waals surface area contributed by atoms with Crippen LogP contribution in [0, 0.1) is 0 Å². The molecular weight excluding hydrogens is 290 g/mol. The molecule has 2 heterocycles. The average molecular weight is 302 g/mol. The molecule has 0 aliphatic heterocycles. The largest absolute Gasteiger partial charge is 0.388 e. The van der Waals surface area contributed by atoms with Crippen LogP contribution in [-0.4, -0.2) is 14.4 Å². The van der Waals surface area contributed by atoms with E-state index in [1.807, 2.05) is 53.1 Å². The zero-order valence-electron chi connectivity index (χ0n) is 10.6. The van der Waals surface area contributed by atoms with Gasteiger partial charge in [-0.3, -0.25) is 4.40 Å². The van der Waals surface area contributed by atoms with E-state index in [1.54, 1.807) is 0 Å². The van der Waals surface area contributed by atoms with Crippen molar-refractivity contribution in [3.8, 4) is 0 Å². The standard InChI is InChI=1S/C15H12ClN3S/c16-11-6-4-10(5-7-11)9-12-14(15(17)20)19-8-2-1-3-13(19)18-12/h1-8H,9H2,(H2,17,20). The Kier molecular flexibility index (Phi) is 3.42. The number of rotatable bonds is 3. The maximum absolute atomic E-state index is 5.90. The zero-order chi connectivity index (χ0) is 14.1. The number of fused-ring (bicyclic) bond motifs is 1. The van der Waals surface area contributed by atoms with Crippen molar-refractivity contribution in [1.29, 1.82) is 0 Å². The highest BCUT2D eigenvalue weighted by molar-refractivity contribution is 7.80.